The summed E-state index contributed by atoms with van der Waals surface area (Å²) < 4.78 is 5.54. The fourth-order valence-corrected chi connectivity index (χ4v) is 3.00. The molecule has 0 aromatic carbocycles. The van der Waals surface area contributed by atoms with Crippen LogP contribution in [-0.4, -0.2) is 16.1 Å². The Balaban J connectivity index is 2.06. The second-order valence-electron chi connectivity index (χ2n) is 6.68. The first-order valence-corrected chi connectivity index (χ1v) is 6.99. The number of aryl methyl sites for hydroxylation is 1. The van der Waals surface area contributed by atoms with Gasteiger partial charge in [-0.15, -0.1) is 0 Å². The van der Waals surface area contributed by atoms with Gasteiger partial charge in [-0.1, -0.05) is 20.8 Å². The maximum atomic E-state index is 11.0. The van der Waals surface area contributed by atoms with E-state index in [1.54, 1.807) is 6.92 Å². The predicted octanol–water partition coefficient (Wildman–Crippen LogP) is 4.00. The Hall–Kier alpha value is -1.32. The smallest absolute Gasteiger partial charge is 0.358 e. The van der Waals surface area contributed by atoms with Gasteiger partial charge in [0.1, 0.15) is 5.76 Å². The molecule has 1 heterocycles. The minimum atomic E-state index is -1.00. The zero-order chi connectivity index (χ0) is 14.2. The van der Waals surface area contributed by atoms with Crippen molar-refractivity contribution in [1.29, 1.82) is 0 Å². The van der Waals surface area contributed by atoms with Gasteiger partial charge in [-0.2, -0.15) is 0 Å². The summed E-state index contributed by atoms with van der Waals surface area (Å²) in [6.07, 6.45) is 4.41. The maximum absolute atomic E-state index is 11.0. The van der Waals surface area contributed by atoms with Crippen molar-refractivity contribution in [3.05, 3.63) is 17.3 Å². The fraction of sp³-hybridized carbons (Fsp3) is 0.733. The highest BCUT2D eigenvalue weighted by Crippen LogP contribution is 2.43. The molecular weight excluding hydrogens is 242 g/mol. The normalized spacial score (nSPS) is 24.4. The summed E-state index contributed by atoms with van der Waals surface area (Å²) in [6, 6.07) is 0. The van der Waals surface area contributed by atoms with Crippen molar-refractivity contribution in [2.45, 2.75) is 59.3 Å². The van der Waals surface area contributed by atoms with E-state index in [1.165, 1.54) is 0 Å². The lowest BCUT2D eigenvalue weighted by atomic mass is 9.70. The van der Waals surface area contributed by atoms with Crippen molar-refractivity contribution in [2.75, 3.05) is 0 Å². The molecule has 1 aromatic heterocycles. The van der Waals surface area contributed by atoms with E-state index in [0.29, 0.717) is 17.1 Å². The Morgan fingerprint density at radius 2 is 1.84 bits per heavy atom. The third-order valence-corrected chi connectivity index (χ3v) is 4.32. The minimum Gasteiger partial charge on any atom is -0.476 e. The molecule has 0 bridgehead atoms. The molecule has 0 saturated heterocycles. The highest BCUT2D eigenvalue weighted by Gasteiger charge is 2.32. The van der Waals surface area contributed by atoms with E-state index in [9.17, 15) is 4.79 Å². The van der Waals surface area contributed by atoms with Crippen LogP contribution in [0.2, 0.25) is 0 Å². The van der Waals surface area contributed by atoms with Crippen molar-refractivity contribution in [2.24, 2.45) is 11.3 Å². The molecule has 0 aliphatic heterocycles. The second kappa shape index (κ2) is 4.99. The van der Waals surface area contributed by atoms with Gasteiger partial charge in [0, 0.05) is 5.92 Å². The quantitative estimate of drug-likeness (QED) is 0.877. The number of carboxylic acids is 1. The van der Waals surface area contributed by atoms with Gasteiger partial charge in [0.05, 0.1) is 0 Å². The molecule has 2 rings (SSSR count). The standard InChI is InChI=1S/C15H23NO3/c1-9-12(14(17)18)16-13(19-9)10-5-7-11(8-6-10)15(2,3)4/h10-11H,5-8H2,1-4H3,(H,17,18). The lowest BCUT2D eigenvalue weighted by Crippen LogP contribution is -2.25. The number of aromatic carboxylic acids is 1. The van der Waals surface area contributed by atoms with Gasteiger partial charge in [-0.3, -0.25) is 0 Å². The summed E-state index contributed by atoms with van der Waals surface area (Å²) in [4.78, 5) is 15.1. The summed E-state index contributed by atoms with van der Waals surface area (Å²) in [6.45, 7) is 8.53. The van der Waals surface area contributed by atoms with Crippen LogP contribution in [0, 0.1) is 18.3 Å². The average Bonchev–Trinajstić information content (AvgIpc) is 2.70. The summed E-state index contributed by atoms with van der Waals surface area (Å²) >= 11 is 0. The van der Waals surface area contributed by atoms with Crippen LogP contribution >= 0.6 is 0 Å². The van der Waals surface area contributed by atoms with Crippen molar-refractivity contribution in [3.63, 3.8) is 0 Å². The van der Waals surface area contributed by atoms with E-state index >= 15 is 0 Å². The van der Waals surface area contributed by atoms with Gasteiger partial charge in [0.25, 0.3) is 0 Å². The molecular formula is C15H23NO3. The van der Waals surface area contributed by atoms with Gasteiger partial charge in [-0.25, -0.2) is 9.78 Å². The van der Waals surface area contributed by atoms with Crippen LogP contribution in [0.4, 0.5) is 0 Å². The van der Waals surface area contributed by atoms with Gasteiger partial charge >= 0.3 is 5.97 Å². The van der Waals surface area contributed by atoms with E-state index in [1.807, 2.05) is 0 Å². The van der Waals surface area contributed by atoms with Crippen molar-refractivity contribution < 1.29 is 14.3 Å². The van der Waals surface area contributed by atoms with E-state index < -0.39 is 5.97 Å². The maximum Gasteiger partial charge on any atom is 0.358 e. The molecule has 106 valence electrons. The fourth-order valence-electron chi connectivity index (χ4n) is 3.00. The summed E-state index contributed by atoms with van der Waals surface area (Å²) in [5.41, 5.74) is 0.414. The van der Waals surface area contributed by atoms with Crippen LogP contribution in [-0.2, 0) is 0 Å². The number of rotatable bonds is 2. The van der Waals surface area contributed by atoms with Crippen LogP contribution in [0.25, 0.3) is 0 Å². The molecule has 0 unspecified atom stereocenters. The van der Waals surface area contributed by atoms with Crippen molar-refractivity contribution in [1.82, 2.24) is 4.98 Å². The van der Waals surface area contributed by atoms with Gasteiger partial charge in [-0.05, 0) is 43.9 Å². The molecule has 1 aliphatic rings. The molecule has 4 nitrogen and oxygen atoms in total. The second-order valence-corrected chi connectivity index (χ2v) is 6.68. The molecule has 4 heteroatoms. The van der Waals surface area contributed by atoms with Gasteiger partial charge in [0.2, 0.25) is 0 Å². The van der Waals surface area contributed by atoms with E-state index in [0.717, 1.165) is 31.6 Å². The molecule has 1 aromatic rings. The minimum absolute atomic E-state index is 0.0629. The van der Waals surface area contributed by atoms with Gasteiger partial charge in [0.15, 0.2) is 11.6 Å². The van der Waals surface area contributed by atoms with E-state index in [-0.39, 0.29) is 11.6 Å². The summed E-state index contributed by atoms with van der Waals surface area (Å²) in [5, 5.41) is 9.00. The molecule has 0 amide bonds. The van der Waals surface area contributed by atoms with Crippen LogP contribution in [0.1, 0.15) is 74.5 Å². The lowest BCUT2D eigenvalue weighted by molar-refractivity contribution is 0.0689. The topological polar surface area (TPSA) is 63.3 Å². The highest BCUT2D eigenvalue weighted by atomic mass is 16.4. The van der Waals surface area contributed by atoms with Crippen LogP contribution in [0.15, 0.2) is 4.42 Å². The zero-order valence-electron chi connectivity index (χ0n) is 12.2. The number of hydrogen-bond acceptors (Lipinski definition) is 3. The average molecular weight is 265 g/mol. The monoisotopic (exact) mass is 265 g/mol. The zero-order valence-corrected chi connectivity index (χ0v) is 12.2. The molecule has 1 aliphatic carbocycles. The largest absolute Gasteiger partial charge is 0.476 e. The molecule has 0 radical (unpaired) electrons. The summed E-state index contributed by atoms with van der Waals surface area (Å²) in [5.74, 6) is 1.04. The number of carbonyl (C=O) groups is 1. The SMILES string of the molecule is Cc1oc(C2CCC(C(C)(C)C)CC2)nc1C(=O)O. The Kier molecular flexibility index (Phi) is 3.70. The molecule has 0 spiro atoms. The first kappa shape index (κ1) is 14.1. The number of carboxylic acid groups (broad SMARTS) is 1. The molecule has 0 atom stereocenters. The van der Waals surface area contributed by atoms with Crippen LogP contribution in [0.3, 0.4) is 0 Å². The van der Waals surface area contributed by atoms with E-state index in [2.05, 4.69) is 25.8 Å². The molecule has 1 saturated carbocycles. The molecule has 19 heavy (non-hydrogen) atoms. The highest BCUT2D eigenvalue weighted by molar-refractivity contribution is 5.86. The van der Waals surface area contributed by atoms with Crippen LogP contribution < -0.4 is 0 Å². The summed E-state index contributed by atoms with van der Waals surface area (Å²) in [7, 11) is 0. The molecule has 1 fully saturated rings. The Morgan fingerprint density at radius 3 is 2.26 bits per heavy atom. The third-order valence-electron chi connectivity index (χ3n) is 4.32. The third kappa shape index (κ3) is 2.99. The first-order chi connectivity index (χ1) is 8.79. The predicted molar refractivity (Wildman–Crippen MR) is 72.4 cm³/mol. The number of hydrogen-bond donors (Lipinski definition) is 1. The van der Waals surface area contributed by atoms with Crippen molar-refractivity contribution >= 4 is 5.97 Å². The van der Waals surface area contributed by atoms with E-state index in [4.69, 9.17) is 9.52 Å². The number of nitrogens with zero attached hydrogens (tertiary/aromatic N) is 1. The van der Waals surface area contributed by atoms with Gasteiger partial charge < -0.3 is 9.52 Å². The Bertz CT molecular complexity index is 462. The Morgan fingerprint density at radius 1 is 1.26 bits per heavy atom. The Labute approximate surface area is 114 Å². The molecule has 1 N–H and O–H groups in total. The first-order valence-electron chi connectivity index (χ1n) is 6.99. The lowest BCUT2D eigenvalue weighted by Gasteiger charge is -2.36. The van der Waals surface area contributed by atoms with Crippen LogP contribution in [0.5, 0.6) is 0 Å². The number of oxazole rings is 1. The van der Waals surface area contributed by atoms with Crippen molar-refractivity contribution in [3.8, 4) is 0 Å². The number of aromatic nitrogens is 1.